The summed E-state index contributed by atoms with van der Waals surface area (Å²) in [6.07, 6.45) is 1.53. The molecule has 1 atom stereocenters. The predicted octanol–water partition coefficient (Wildman–Crippen LogP) is 4.19. The van der Waals surface area contributed by atoms with Gasteiger partial charge in [-0.05, 0) is 43.3 Å². The minimum absolute atomic E-state index is 0.138. The number of benzene rings is 2. The van der Waals surface area contributed by atoms with E-state index in [1.165, 1.54) is 24.9 Å². The summed E-state index contributed by atoms with van der Waals surface area (Å²) >= 11 is 16.8. The van der Waals surface area contributed by atoms with E-state index in [1.807, 2.05) is 0 Å². The molecule has 176 valence electrons. The zero-order valence-corrected chi connectivity index (χ0v) is 22.0. The number of aromatic hydroxyl groups is 1. The molecule has 0 fully saturated rings. The molecule has 0 spiro atoms. The lowest BCUT2D eigenvalue weighted by atomic mass is 9.95. The van der Waals surface area contributed by atoms with Crippen molar-refractivity contribution in [2.24, 2.45) is 4.99 Å². The topological polar surface area (TPSA) is 90.1 Å². The van der Waals surface area contributed by atoms with Crippen molar-refractivity contribution in [2.45, 2.75) is 13.0 Å². The SMILES string of the molecule is COC(=O)C1=C(C)N=c2s/c(=C\c3cc(Br)cc(Cl)c3O)c(=O)n2[C@H]1c1cc(Cl)ccc1OC. The maximum atomic E-state index is 13.6. The summed E-state index contributed by atoms with van der Waals surface area (Å²) in [6.45, 7) is 1.67. The van der Waals surface area contributed by atoms with Crippen molar-refractivity contribution < 1.29 is 19.4 Å². The number of hydrogen-bond acceptors (Lipinski definition) is 7. The Balaban J connectivity index is 2.05. The molecule has 2 aromatic carbocycles. The standard InChI is InChI=1S/C23H17BrCl2N2O5S/c1-10-18(22(31)33-3)19(14-9-13(25)4-5-16(14)32-2)28-21(30)17(34-23(28)27-10)7-11-6-12(24)8-15(26)20(11)29/h4-9,19,29H,1-3H3/b17-7-/t19-/m0/s1. The Kier molecular flexibility index (Phi) is 6.91. The number of carbonyl (C=O) groups is 1. The number of fused-ring (bicyclic) bond motifs is 1. The Morgan fingerprint density at radius 2 is 2.00 bits per heavy atom. The second kappa shape index (κ2) is 9.58. The average Bonchev–Trinajstić information content (AvgIpc) is 3.10. The number of esters is 1. The minimum atomic E-state index is -0.890. The Morgan fingerprint density at radius 3 is 2.68 bits per heavy atom. The van der Waals surface area contributed by atoms with Crippen LogP contribution >= 0.6 is 50.5 Å². The van der Waals surface area contributed by atoms with Gasteiger partial charge in [-0.15, -0.1) is 0 Å². The van der Waals surface area contributed by atoms with Gasteiger partial charge in [-0.1, -0.05) is 50.5 Å². The van der Waals surface area contributed by atoms with E-state index in [0.717, 1.165) is 11.3 Å². The van der Waals surface area contributed by atoms with Gasteiger partial charge >= 0.3 is 5.97 Å². The largest absolute Gasteiger partial charge is 0.506 e. The number of aromatic nitrogens is 1. The number of carbonyl (C=O) groups excluding carboxylic acids is 1. The fourth-order valence-corrected chi connectivity index (χ4v) is 5.79. The Morgan fingerprint density at radius 1 is 1.26 bits per heavy atom. The molecule has 11 heteroatoms. The van der Waals surface area contributed by atoms with Crippen molar-refractivity contribution in [1.82, 2.24) is 4.57 Å². The molecule has 1 aromatic heterocycles. The van der Waals surface area contributed by atoms with Crippen LogP contribution in [0.2, 0.25) is 10.0 Å². The van der Waals surface area contributed by atoms with Gasteiger partial charge in [0.25, 0.3) is 5.56 Å². The summed E-state index contributed by atoms with van der Waals surface area (Å²) in [5, 5.41) is 10.9. The Hall–Kier alpha value is -2.59. The lowest BCUT2D eigenvalue weighted by Gasteiger charge is -2.25. The van der Waals surface area contributed by atoms with Crippen LogP contribution < -0.4 is 19.6 Å². The summed E-state index contributed by atoms with van der Waals surface area (Å²) in [4.78, 5) is 31.3. The minimum Gasteiger partial charge on any atom is -0.506 e. The van der Waals surface area contributed by atoms with Crippen LogP contribution in [0.1, 0.15) is 24.1 Å². The number of phenolic OH excluding ortho intramolecular Hbond substituents is 1. The highest BCUT2D eigenvalue weighted by atomic mass is 79.9. The van der Waals surface area contributed by atoms with E-state index in [2.05, 4.69) is 20.9 Å². The molecule has 1 N–H and O–H groups in total. The van der Waals surface area contributed by atoms with Gasteiger partial charge in [-0.25, -0.2) is 9.79 Å². The van der Waals surface area contributed by atoms with Crippen LogP contribution in [0, 0.1) is 0 Å². The lowest BCUT2D eigenvalue weighted by molar-refractivity contribution is -0.136. The number of methoxy groups -OCH3 is 2. The van der Waals surface area contributed by atoms with Crippen LogP contribution in [-0.2, 0) is 9.53 Å². The number of rotatable bonds is 4. The van der Waals surface area contributed by atoms with Crippen molar-refractivity contribution in [3.63, 3.8) is 0 Å². The maximum Gasteiger partial charge on any atom is 0.338 e. The first kappa shape index (κ1) is 24.5. The summed E-state index contributed by atoms with van der Waals surface area (Å²) in [5.41, 5.74) is 1.03. The van der Waals surface area contributed by atoms with Crippen LogP contribution in [0.3, 0.4) is 0 Å². The monoisotopic (exact) mass is 582 g/mol. The molecular formula is C23H17BrCl2N2O5S. The fraction of sp³-hybridized carbons (Fsp3) is 0.174. The second-order valence-corrected chi connectivity index (χ2v) is 10.1. The molecule has 2 heterocycles. The van der Waals surface area contributed by atoms with Crippen molar-refractivity contribution in [1.29, 1.82) is 0 Å². The quantitative estimate of drug-likeness (QED) is 0.465. The molecule has 7 nitrogen and oxygen atoms in total. The third-order valence-electron chi connectivity index (χ3n) is 5.26. The van der Waals surface area contributed by atoms with Gasteiger partial charge in [0.1, 0.15) is 17.5 Å². The predicted molar refractivity (Wildman–Crippen MR) is 135 cm³/mol. The summed E-state index contributed by atoms with van der Waals surface area (Å²) in [7, 11) is 2.75. The van der Waals surface area contributed by atoms with Crippen molar-refractivity contribution in [3.05, 3.63) is 86.9 Å². The van der Waals surface area contributed by atoms with Crippen LogP contribution in [0.25, 0.3) is 6.08 Å². The van der Waals surface area contributed by atoms with Gasteiger partial charge < -0.3 is 14.6 Å². The molecule has 0 unspecified atom stereocenters. The van der Waals surface area contributed by atoms with Crippen molar-refractivity contribution in [3.8, 4) is 11.5 Å². The van der Waals surface area contributed by atoms with Crippen molar-refractivity contribution >= 4 is 62.5 Å². The number of phenols is 1. The third kappa shape index (κ3) is 4.29. The maximum absolute atomic E-state index is 13.6. The van der Waals surface area contributed by atoms with Gasteiger partial charge in [0.15, 0.2) is 4.80 Å². The van der Waals surface area contributed by atoms with E-state index in [4.69, 9.17) is 32.7 Å². The van der Waals surface area contributed by atoms with Crippen molar-refractivity contribution in [2.75, 3.05) is 14.2 Å². The third-order valence-corrected chi connectivity index (χ3v) is 7.22. The molecule has 0 bridgehead atoms. The highest BCUT2D eigenvalue weighted by Gasteiger charge is 2.35. The normalized spacial score (nSPS) is 15.7. The Labute approximate surface area is 216 Å². The first-order chi connectivity index (χ1) is 16.2. The molecule has 1 aliphatic heterocycles. The van der Waals surface area contributed by atoms with Crippen LogP contribution in [0.5, 0.6) is 11.5 Å². The molecule has 0 aliphatic carbocycles. The molecule has 3 aromatic rings. The van der Waals surface area contributed by atoms with Crippen LogP contribution in [0.4, 0.5) is 0 Å². The molecule has 0 amide bonds. The lowest BCUT2D eigenvalue weighted by Crippen LogP contribution is -2.40. The highest BCUT2D eigenvalue weighted by molar-refractivity contribution is 9.10. The first-order valence-corrected chi connectivity index (χ1v) is 12.1. The molecule has 1 aliphatic rings. The summed E-state index contributed by atoms with van der Waals surface area (Å²) in [5.74, 6) is -0.342. The zero-order valence-electron chi connectivity index (χ0n) is 18.1. The fourth-order valence-electron chi connectivity index (χ4n) is 3.74. The van der Waals surface area contributed by atoms with Crippen LogP contribution in [0.15, 0.2) is 55.9 Å². The van der Waals surface area contributed by atoms with Gasteiger partial charge in [-0.2, -0.15) is 0 Å². The highest BCUT2D eigenvalue weighted by Crippen LogP contribution is 2.37. The summed E-state index contributed by atoms with van der Waals surface area (Å²) < 4.78 is 12.9. The van der Waals surface area contributed by atoms with E-state index < -0.39 is 17.6 Å². The molecule has 0 saturated carbocycles. The average molecular weight is 584 g/mol. The second-order valence-electron chi connectivity index (χ2n) is 7.29. The van der Waals surface area contributed by atoms with E-state index in [-0.39, 0.29) is 20.9 Å². The molecular weight excluding hydrogens is 567 g/mol. The number of thiazole rings is 1. The van der Waals surface area contributed by atoms with E-state index in [0.29, 0.717) is 36.9 Å². The van der Waals surface area contributed by atoms with E-state index in [1.54, 1.807) is 37.3 Å². The summed E-state index contributed by atoms with van der Waals surface area (Å²) in [6, 6.07) is 7.26. The van der Waals surface area contributed by atoms with Gasteiger partial charge in [-0.3, -0.25) is 9.36 Å². The smallest absolute Gasteiger partial charge is 0.338 e. The number of hydrogen-bond donors (Lipinski definition) is 1. The van der Waals surface area contributed by atoms with Gasteiger partial charge in [0.2, 0.25) is 0 Å². The first-order valence-electron chi connectivity index (χ1n) is 9.78. The van der Waals surface area contributed by atoms with E-state index >= 15 is 0 Å². The molecule has 4 rings (SSSR count). The zero-order chi connectivity index (χ0) is 24.7. The molecule has 0 saturated heterocycles. The molecule has 34 heavy (non-hydrogen) atoms. The van der Waals surface area contributed by atoms with Crippen LogP contribution in [-0.4, -0.2) is 29.9 Å². The van der Waals surface area contributed by atoms with Gasteiger partial charge in [0, 0.05) is 20.6 Å². The number of allylic oxidation sites excluding steroid dienone is 1. The van der Waals surface area contributed by atoms with Gasteiger partial charge in [0.05, 0.1) is 35.0 Å². The number of ether oxygens (including phenoxy) is 2. The van der Waals surface area contributed by atoms with E-state index in [9.17, 15) is 14.7 Å². The number of nitrogens with zero attached hydrogens (tertiary/aromatic N) is 2. The Bertz CT molecular complexity index is 1540. The molecule has 0 radical (unpaired) electrons. The number of halogens is 3.